The van der Waals surface area contributed by atoms with Gasteiger partial charge in [-0.05, 0) is 36.4 Å². The van der Waals surface area contributed by atoms with E-state index in [1.165, 1.54) is 36.4 Å². The summed E-state index contributed by atoms with van der Waals surface area (Å²) in [5.41, 5.74) is 6.16. The lowest BCUT2D eigenvalue weighted by Crippen LogP contribution is -2.23. The van der Waals surface area contributed by atoms with E-state index in [1.54, 1.807) is 0 Å². The number of carbonyl (C=O) groups is 1. The average molecular weight is 540 g/mol. The Morgan fingerprint density at radius 3 is 2.54 bits per heavy atom. The monoisotopic (exact) mass is 539 g/mol. The zero-order valence-electron chi connectivity index (χ0n) is 18.0. The maximum atomic E-state index is 15.1. The van der Waals surface area contributed by atoms with E-state index < -0.39 is 27.4 Å². The van der Waals surface area contributed by atoms with Crippen LogP contribution in [0.5, 0.6) is 11.5 Å². The SMILES string of the molecule is CS(=O)(=O)c1cc(F)cc2cc(C(=O)NCc3ccc(Cl)c(Oc4cc(N)cc(Cl)c4)c3F)[nH]c12. The molecule has 0 fully saturated rings. The fourth-order valence-electron chi connectivity index (χ4n) is 3.43. The predicted molar refractivity (Wildman–Crippen MR) is 130 cm³/mol. The van der Waals surface area contributed by atoms with E-state index in [0.717, 1.165) is 18.4 Å². The van der Waals surface area contributed by atoms with Crippen molar-refractivity contribution in [3.63, 3.8) is 0 Å². The summed E-state index contributed by atoms with van der Waals surface area (Å²) in [6, 6.07) is 10.4. The minimum Gasteiger partial charge on any atom is -0.453 e. The molecule has 4 N–H and O–H groups in total. The van der Waals surface area contributed by atoms with Crippen molar-refractivity contribution in [1.29, 1.82) is 0 Å². The minimum absolute atomic E-state index is 0.0120. The van der Waals surface area contributed by atoms with Gasteiger partial charge in [-0.25, -0.2) is 17.2 Å². The molecule has 4 aromatic rings. The highest BCUT2D eigenvalue weighted by molar-refractivity contribution is 7.91. The molecule has 0 saturated carbocycles. The van der Waals surface area contributed by atoms with Crippen LogP contribution in [-0.4, -0.2) is 25.6 Å². The van der Waals surface area contributed by atoms with Gasteiger partial charge >= 0.3 is 0 Å². The molecule has 3 aromatic carbocycles. The van der Waals surface area contributed by atoms with Crippen LogP contribution in [0, 0.1) is 11.6 Å². The summed E-state index contributed by atoms with van der Waals surface area (Å²) in [5.74, 6) is -2.35. The molecule has 0 atom stereocenters. The van der Waals surface area contributed by atoms with E-state index in [2.05, 4.69) is 10.3 Å². The maximum Gasteiger partial charge on any atom is 0.267 e. The molecular formula is C23H17Cl2F2N3O4S. The largest absolute Gasteiger partial charge is 0.453 e. The Balaban J connectivity index is 1.57. The van der Waals surface area contributed by atoms with Crippen molar-refractivity contribution in [3.05, 3.63) is 81.5 Å². The van der Waals surface area contributed by atoms with E-state index >= 15 is 4.39 Å². The molecule has 0 aliphatic heterocycles. The maximum absolute atomic E-state index is 15.1. The molecule has 182 valence electrons. The van der Waals surface area contributed by atoms with Crippen molar-refractivity contribution in [2.45, 2.75) is 11.4 Å². The Hall–Kier alpha value is -3.34. The van der Waals surface area contributed by atoms with Crippen LogP contribution < -0.4 is 15.8 Å². The second kappa shape index (κ2) is 9.37. The third-order valence-corrected chi connectivity index (χ3v) is 6.62. The Morgan fingerprint density at radius 1 is 1.11 bits per heavy atom. The smallest absolute Gasteiger partial charge is 0.267 e. The van der Waals surface area contributed by atoms with Crippen LogP contribution in [-0.2, 0) is 16.4 Å². The Labute approximate surface area is 208 Å². The van der Waals surface area contributed by atoms with Crippen LogP contribution in [0.2, 0.25) is 10.0 Å². The average Bonchev–Trinajstić information content (AvgIpc) is 3.18. The molecule has 0 radical (unpaired) electrons. The number of ether oxygens (including phenoxy) is 1. The van der Waals surface area contributed by atoms with Gasteiger partial charge in [0.25, 0.3) is 5.91 Å². The molecule has 1 amide bonds. The number of nitrogens with two attached hydrogens (primary N) is 1. The Morgan fingerprint density at radius 2 is 1.86 bits per heavy atom. The topological polar surface area (TPSA) is 114 Å². The van der Waals surface area contributed by atoms with Gasteiger partial charge < -0.3 is 20.8 Å². The quantitative estimate of drug-likeness (QED) is 0.281. The van der Waals surface area contributed by atoms with Crippen molar-refractivity contribution >= 4 is 55.5 Å². The lowest BCUT2D eigenvalue weighted by molar-refractivity contribution is 0.0946. The number of H-pyrrole nitrogens is 1. The van der Waals surface area contributed by atoms with Gasteiger partial charge in [-0.2, -0.15) is 0 Å². The first-order valence-electron chi connectivity index (χ1n) is 9.93. The van der Waals surface area contributed by atoms with Crippen molar-refractivity contribution in [3.8, 4) is 11.5 Å². The molecule has 0 aliphatic carbocycles. The van der Waals surface area contributed by atoms with Crippen molar-refractivity contribution in [1.82, 2.24) is 10.3 Å². The summed E-state index contributed by atoms with van der Waals surface area (Å²) < 4.78 is 58.5. The standard InChI is InChI=1S/C23H17Cl2F2N3O4S/c1-35(32,33)19-8-14(26)4-12-5-18(30-21(12)19)23(31)29-10-11-2-3-17(25)22(20(11)27)34-16-7-13(24)6-15(28)9-16/h2-9,30H,10,28H2,1H3,(H,29,31). The Bertz CT molecular complexity index is 1570. The van der Waals surface area contributed by atoms with Gasteiger partial charge in [-0.15, -0.1) is 0 Å². The number of anilines is 1. The van der Waals surface area contributed by atoms with Crippen LogP contribution in [0.3, 0.4) is 0 Å². The normalized spacial score (nSPS) is 11.6. The lowest BCUT2D eigenvalue weighted by atomic mass is 10.2. The molecule has 12 heteroatoms. The van der Waals surface area contributed by atoms with Gasteiger partial charge in [0.1, 0.15) is 17.3 Å². The van der Waals surface area contributed by atoms with E-state index in [4.69, 9.17) is 33.7 Å². The van der Waals surface area contributed by atoms with E-state index in [-0.39, 0.29) is 55.1 Å². The van der Waals surface area contributed by atoms with E-state index in [0.29, 0.717) is 5.69 Å². The summed E-state index contributed by atoms with van der Waals surface area (Å²) in [6.07, 6.45) is 0.933. The third kappa shape index (κ3) is 5.34. The third-order valence-electron chi connectivity index (χ3n) is 4.98. The summed E-state index contributed by atoms with van der Waals surface area (Å²) in [5, 5.41) is 3.00. The molecule has 1 heterocycles. The summed E-state index contributed by atoms with van der Waals surface area (Å²) in [7, 11) is -3.76. The number of sulfone groups is 1. The number of nitrogen functional groups attached to an aromatic ring is 1. The summed E-state index contributed by atoms with van der Waals surface area (Å²) in [4.78, 5) is 15.1. The molecule has 0 spiro atoms. The number of carbonyl (C=O) groups excluding carboxylic acids is 1. The number of benzene rings is 3. The van der Waals surface area contributed by atoms with Crippen LogP contribution >= 0.6 is 23.2 Å². The highest BCUT2D eigenvalue weighted by Crippen LogP contribution is 2.35. The zero-order chi connectivity index (χ0) is 25.5. The Kier molecular flexibility index (Phi) is 6.63. The number of fused-ring (bicyclic) bond motifs is 1. The molecular weight excluding hydrogens is 523 g/mol. The molecule has 0 saturated heterocycles. The van der Waals surface area contributed by atoms with E-state index in [1.807, 2.05) is 0 Å². The van der Waals surface area contributed by atoms with Gasteiger partial charge in [-0.3, -0.25) is 4.79 Å². The van der Waals surface area contributed by atoms with Gasteiger partial charge in [0.15, 0.2) is 21.4 Å². The predicted octanol–water partition coefficient (Wildman–Crippen LogP) is 5.46. The van der Waals surface area contributed by atoms with Gasteiger partial charge in [0, 0.05) is 40.5 Å². The highest BCUT2D eigenvalue weighted by Gasteiger charge is 2.20. The molecule has 0 unspecified atom stereocenters. The number of halogens is 4. The zero-order valence-corrected chi connectivity index (χ0v) is 20.3. The van der Waals surface area contributed by atoms with Crippen LogP contribution in [0.25, 0.3) is 10.9 Å². The number of nitrogens with one attached hydrogen (secondary N) is 2. The minimum atomic E-state index is -3.76. The van der Waals surface area contributed by atoms with Crippen molar-refractivity contribution < 1.29 is 26.7 Å². The number of amides is 1. The van der Waals surface area contributed by atoms with Gasteiger partial charge in [-0.1, -0.05) is 29.3 Å². The first kappa shape index (κ1) is 24.8. The first-order chi connectivity index (χ1) is 16.4. The first-order valence-corrected chi connectivity index (χ1v) is 12.6. The highest BCUT2D eigenvalue weighted by atomic mass is 35.5. The number of aromatic amines is 1. The van der Waals surface area contributed by atoms with Crippen LogP contribution in [0.1, 0.15) is 16.1 Å². The number of hydrogen-bond acceptors (Lipinski definition) is 5. The fraction of sp³-hybridized carbons (Fsp3) is 0.0870. The molecule has 0 aliphatic rings. The van der Waals surface area contributed by atoms with Crippen molar-refractivity contribution in [2.24, 2.45) is 0 Å². The number of rotatable bonds is 6. The van der Waals surface area contributed by atoms with Crippen LogP contribution in [0.15, 0.2) is 53.4 Å². The molecule has 4 rings (SSSR count). The second-order valence-corrected chi connectivity index (χ2v) is 10.5. The molecule has 35 heavy (non-hydrogen) atoms. The van der Waals surface area contributed by atoms with Crippen molar-refractivity contribution in [2.75, 3.05) is 12.0 Å². The number of aromatic nitrogens is 1. The molecule has 0 bridgehead atoms. The lowest BCUT2D eigenvalue weighted by Gasteiger charge is -2.13. The summed E-state index contributed by atoms with van der Waals surface area (Å²) >= 11 is 12.0. The van der Waals surface area contributed by atoms with Gasteiger partial charge in [0.05, 0.1) is 15.4 Å². The fourth-order valence-corrected chi connectivity index (χ4v) is 4.71. The molecule has 1 aromatic heterocycles. The van der Waals surface area contributed by atoms with E-state index in [9.17, 15) is 17.6 Å². The molecule has 7 nitrogen and oxygen atoms in total. The van der Waals surface area contributed by atoms with Gasteiger partial charge in [0.2, 0.25) is 0 Å². The number of hydrogen-bond donors (Lipinski definition) is 3. The van der Waals surface area contributed by atoms with Crippen LogP contribution in [0.4, 0.5) is 14.5 Å². The summed E-state index contributed by atoms with van der Waals surface area (Å²) in [6.45, 7) is -0.251. The second-order valence-electron chi connectivity index (χ2n) is 7.68.